The van der Waals surface area contributed by atoms with E-state index in [0.717, 1.165) is 6.42 Å². The van der Waals surface area contributed by atoms with Gasteiger partial charge >= 0.3 is 12.1 Å². The van der Waals surface area contributed by atoms with Crippen LogP contribution in [0.3, 0.4) is 0 Å². The average molecular weight is 428 g/mol. The third kappa shape index (κ3) is 5.43. The minimum Gasteiger partial charge on any atom is -0.491 e. The van der Waals surface area contributed by atoms with Crippen LogP contribution in [0, 0.1) is 17.8 Å². The van der Waals surface area contributed by atoms with Crippen LogP contribution in [-0.4, -0.2) is 54.2 Å². The highest BCUT2D eigenvalue weighted by molar-refractivity contribution is 5.90. The molecule has 1 atom stereocenters. The van der Waals surface area contributed by atoms with E-state index in [0.29, 0.717) is 38.3 Å². The molecule has 1 saturated carbocycles. The van der Waals surface area contributed by atoms with Gasteiger partial charge in [0.15, 0.2) is 11.4 Å². The number of carbonyl (C=O) groups excluding carboxylic acids is 2. The van der Waals surface area contributed by atoms with E-state index in [1.165, 1.54) is 6.20 Å². The number of hydrogen-bond donors (Lipinski definition) is 0. The molecule has 0 aromatic carbocycles. The molecule has 3 rings (SSSR count). The molecule has 0 bridgehead atoms. The number of carbonyl (C=O) groups is 2. The number of hydrogen-bond acceptors (Lipinski definition) is 5. The molecule has 2 heterocycles. The van der Waals surface area contributed by atoms with Crippen molar-refractivity contribution >= 4 is 11.9 Å². The molecule has 0 radical (unpaired) electrons. The van der Waals surface area contributed by atoms with E-state index in [2.05, 4.69) is 4.98 Å². The van der Waals surface area contributed by atoms with Gasteiger partial charge in [-0.2, -0.15) is 13.2 Å². The van der Waals surface area contributed by atoms with Crippen LogP contribution in [0.1, 0.15) is 49.5 Å². The number of esters is 1. The average Bonchev–Trinajstić information content (AvgIpc) is 3.20. The van der Waals surface area contributed by atoms with Crippen molar-refractivity contribution in [2.75, 3.05) is 26.3 Å². The summed E-state index contributed by atoms with van der Waals surface area (Å²) in [6.45, 7) is 3.35. The Kier molecular flexibility index (Phi) is 7.20. The fraction of sp³-hybridized carbons (Fsp3) is 0.667. The Labute approximate surface area is 173 Å². The number of alkyl halides is 3. The second-order valence-corrected chi connectivity index (χ2v) is 7.91. The second kappa shape index (κ2) is 9.66. The Hall–Kier alpha value is -2.32. The Morgan fingerprint density at radius 3 is 2.60 bits per heavy atom. The first-order chi connectivity index (χ1) is 14.3. The molecule has 1 aromatic rings. The first kappa shape index (κ1) is 22.4. The molecule has 30 heavy (non-hydrogen) atoms. The van der Waals surface area contributed by atoms with Crippen molar-refractivity contribution in [3.05, 3.63) is 24.0 Å². The minimum absolute atomic E-state index is 0.0257. The summed E-state index contributed by atoms with van der Waals surface area (Å²) < 4.78 is 49.2. The first-order valence-electron chi connectivity index (χ1n) is 10.4. The van der Waals surface area contributed by atoms with Crippen LogP contribution in [0.2, 0.25) is 0 Å². The van der Waals surface area contributed by atoms with Crippen molar-refractivity contribution < 1.29 is 32.2 Å². The standard InChI is InChI=1S/C21H27F3N2O4/c1-2-29-20(28)18-17(4-3-10-25-18)30-13-14-9-11-26(12-14)19(27)15-5-7-16(8-6-15)21(22,23)24/h3-4,10,14-16H,2,5-9,11-13H2,1H3. The van der Waals surface area contributed by atoms with Crippen LogP contribution in [0.15, 0.2) is 18.3 Å². The van der Waals surface area contributed by atoms with Crippen molar-refractivity contribution in [1.29, 1.82) is 0 Å². The molecule has 0 N–H and O–H groups in total. The van der Waals surface area contributed by atoms with E-state index < -0.39 is 18.1 Å². The Morgan fingerprint density at radius 2 is 1.93 bits per heavy atom. The highest BCUT2D eigenvalue weighted by Gasteiger charge is 2.43. The molecule has 9 heteroatoms. The molecule has 2 aliphatic rings. The van der Waals surface area contributed by atoms with Gasteiger partial charge in [0.2, 0.25) is 5.91 Å². The molecule has 1 aromatic heterocycles. The number of pyridine rings is 1. The van der Waals surface area contributed by atoms with Crippen LogP contribution in [0.5, 0.6) is 5.75 Å². The van der Waals surface area contributed by atoms with E-state index in [9.17, 15) is 22.8 Å². The van der Waals surface area contributed by atoms with Gasteiger partial charge in [-0.1, -0.05) is 0 Å². The van der Waals surface area contributed by atoms with Gasteiger partial charge < -0.3 is 14.4 Å². The molecular formula is C21H27F3N2O4. The normalized spacial score (nSPS) is 24.5. The zero-order chi connectivity index (χ0) is 21.7. The summed E-state index contributed by atoms with van der Waals surface area (Å²) in [6.07, 6.45) is -1.30. The Morgan fingerprint density at radius 1 is 1.20 bits per heavy atom. The molecule has 1 amide bonds. The molecular weight excluding hydrogens is 401 g/mol. The van der Waals surface area contributed by atoms with Gasteiger partial charge in [0.25, 0.3) is 0 Å². The lowest BCUT2D eigenvalue weighted by atomic mass is 9.81. The first-order valence-corrected chi connectivity index (χ1v) is 10.4. The lowest BCUT2D eigenvalue weighted by Gasteiger charge is -2.31. The maximum Gasteiger partial charge on any atom is 0.391 e. The van der Waals surface area contributed by atoms with Crippen molar-refractivity contribution in [2.45, 2.75) is 45.2 Å². The third-order valence-electron chi connectivity index (χ3n) is 5.85. The monoisotopic (exact) mass is 428 g/mol. The fourth-order valence-electron chi connectivity index (χ4n) is 4.16. The Balaban J connectivity index is 1.49. The lowest BCUT2D eigenvalue weighted by Crippen LogP contribution is -2.38. The van der Waals surface area contributed by atoms with Crippen molar-refractivity contribution in [3.8, 4) is 5.75 Å². The molecule has 1 aliphatic carbocycles. The highest BCUT2D eigenvalue weighted by Crippen LogP contribution is 2.40. The number of aromatic nitrogens is 1. The SMILES string of the molecule is CCOC(=O)c1ncccc1OCC1CCN(C(=O)C2CCC(C(F)(F)F)CC2)C1. The van der Waals surface area contributed by atoms with Crippen LogP contribution in [0.25, 0.3) is 0 Å². The summed E-state index contributed by atoms with van der Waals surface area (Å²) in [7, 11) is 0. The zero-order valence-corrected chi connectivity index (χ0v) is 17.0. The van der Waals surface area contributed by atoms with E-state index in [4.69, 9.17) is 9.47 Å². The number of rotatable bonds is 6. The van der Waals surface area contributed by atoms with Crippen LogP contribution >= 0.6 is 0 Å². The molecule has 0 spiro atoms. The number of likely N-dealkylation sites (tertiary alicyclic amines) is 1. The zero-order valence-electron chi connectivity index (χ0n) is 17.0. The second-order valence-electron chi connectivity index (χ2n) is 7.91. The number of nitrogens with zero attached hydrogens (tertiary/aromatic N) is 2. The quantitative estimate of drug-likeness (QED) is 0.644. The summed E-state index contributed by atoms with van der Waals surface area (Å²) in [5, 5.41) is 0. The van der Waals surface area contributed by atoms with Gasteiger partial charge in [0, 0.05) is 31.1 Å². The van der Waals surface area contributed by atoms with Gasteiger partial charge in [-0.3, -0.25) is 4.79 Å². The van der Waals surface area contributed by atoms with E-state index in [1.54, 1.807) is 24.0 Å². The molecule has 6 nitrogen and oxygen atoms in total. The van der Waals surface area contributed by atoms with Gasteiger partial charge in [-0.15, -0.1) is 0 Å². The summed E-state index contributed by atoms with van der Waals surface area (Å²) in [6, 6.07) is 3.32. The van der Waals surface area contributed by atoms with Gasteiger partial charge in [0.1, 0.15) is 0 Å². The maximum atomic E-state index is 12.8. The van der Waals surface area contributed by atoms with Gasteiger partial charge in [-0.05, 0) is 51.2 Å². The van der Waals surface area contributed by atoms with Crippen molar-refractivity contribution in [2.24, 2.45) is 17.8 Å². The van der Waals surface area contributed by atoms with E-state index in [1.807, 2.05) is 0 Å². The lowest BCUT2D eigenvalue weighted by molar-refractivity contribution is -0.185. The largest absolute Gasteiger partial charge is 0.491 e. The minimum atomic E-state index is -4.17. The molecule has 2 fully saturated rings. The number of halogens is 3. The Bertz CT molecular complexity index is 748. The topological polar surface area (TPSA) is 68.7 Å². The summed E-state index contributed by atoms with van der Waals surface area (Å²) in [4.78, 5) is 30.5. The van der Waals surface area contributed by atoms with Crippen molar-refractivity contribution in [1.82, 2.24) is 9.88 Å². The summed E-state index contributed by atoms with van der Waals surface area (Å²) >= 11 is 0. The van der Waals surface area contributed by atoms with Crippen LogP contribution < -0.4 is 4.74 Å². The van der Waals surface area contributed by atoms with Gasteiger partial charge in [0.05, 0.1) is 19.1 Å². The number of ether oxygens (including phenoxy) is 2. The highest BCUT2D eigenvalue weighted by atomic mass is 19.4. The molecule has 1 saturated heterocycles. The van der Waals surface area contributed by atoms with Crippen LogP contribution in [0.4, 0.5) is 13.2 Å². The molecule has 1 unspecified atom stereocenters. The molecule has 166 valence electrons. The van der Waals surface area contributed by atoms with Crippen LogP contribution in [-0.2, 0) is 9.53 Å². The summed E-state index contributed by atoms with van der Waals surface area (Å²) in [5.41, 5.74) is 0.117. The third-order valence-corrected chi connectivity index (χ3v) is 5.85. The summed E-state index contributed by atoms with van der Waals surface area (Å²) in [5.74, 6) is -1.77. The smallest absolute Gasteiger partial charge is 0.391 e. The predicted molar refractivity (Wildman–Crippen MR) is 102 cm³/mol. The maximum absolute atomic E-state index is 12.8. The predicted octanol–water partition coefficient (Wildman–Crippen LogP) is 3.85. The number of amides is 1. The van der Waals surface area contributed by atoms with Crippen molar-refractivity contribution in [3.63, 3.8) is 0 Å². The van der Waals surface area contributed by atoms with Gasteiger partial charge in [-0.25, -0.2) is 9.78 Å². The van der Waals surface area contributed by atoms with E-state index in [-0.39, 0.29) is 42.9 Å². The van der Waals surface area contributed by atoms with E-state index >= 15 is 0 Å². The fourth-order valence-corrected chi connectivity index (χ4v) is 4.16. The molecule has 1 aliphatic heterocycles.